The molecule has 0 aliphatic rings. The molecule has 0 heterocycles. The molecule has 0 spiro atoms. The van der Waals surface area contributed by atoms with Crippen LogP contribution in [0.5, 0.6) is 5.75 Å². The normalized spacial score (nSPS) is 12.1. The fourth-order valence-electron chi connectivity index (χ4n) is 2.02. The van der Waals surface area contributed by atoms with Crippen molar-refractivity contribution in [1.82, 2.24) is 0 Å². The van der Waals surface area contributed by atoms with Crippen LogP contribution in [0.3, 0.4) is 0 Å². The SMILES string of the molecule is COc1ccc(C(C)Cc2ccccc2)cc1. The molecule has 0 saturated heterocycles. The maximum absolute atomic E-state index is 5.17. The standard InChI is InChI=1S/C16H18O/c1-13(12-14-6-4-3-5-7-14)15-8-10-16(17-2)11-9-15/h3-11,13H,12H2,1-2H3. The van der Waals surface area contributed by atoms with Crippen LogP contribution in [0.15, 0.2) is 54.6 Å². The van der Waals surface area contributed by atoms with Crippen LogP contribution in [-0.4, -0.2) is 7.11 Å². The Kier molecular flexibility index (Phi) is 3.81. The van der Waals surface area contributed by atoms with Gasteiger partial charge in [0.25, 0.3) is 0 Å². The number of rotatable bonds is 4. The maximum atomic E-state index is 5.17. The summed E-state index contributed by atoms with van der Waals surface area (Å²) in [5.74, 6) is 1.45. The number of hydrogen-bond donors (Lipinski definition) is 0. The molecule has 2 aromatic carbocycles. The van der Waals surface area contributed by atoms with Gasteiger partial charge < -0.3 is 4.74 Å². The monoisotopic (exact) mass is 226 g/mol. The van der Waals surface area contributed by atoms with E-state index < -0.39 is 0 Å². The summed E-state index contributed by atoms with van der Waals surface area (Å²) < 4.78 is 5.17. The van der Waals surface area contributed by atoms with E-state index in [1.807, 2.05) is 12.1 Å². The fourth-order valence-corrected chi connectivity index (χ4v) is 2.02. The van der Waals surface area contributed by atoms with Gasteiger partial charge in [-0.25, -0.2) is 0 Å². The second-order valence-electron chi connectivity index (χ2n) is 4.36. The third-order valence-corrected chi connectivity index (χ3v) is 3.07. The Morgan fingerprint density at radius 3 is 2.18 bits per heavy atom. The van der Waals surface area contributed by atoms with Crippen molar-refractivity contribution in [3.63, 3.8) is 0 Å². The van der Waals surface area contributed by atoms with Gasteiger partial charge in [0.15, 0.2) is 0 Å². The quantitative estimate of drug-likeness (QED) is 0.764. The first-order valence-corrected chi connectivity index (χ1v) is 5.97. The molecule has 0 aliphatic carbocycles. The first-order valence-electron chi connectivity index (χ1n) is 5.97. The number of ether oxygens (including phenoxy) is 1. The molecule has 0 bridgehead atoms. The van der Waals surface area contributed by atoms with Crippen LogP contribution in [0.4, 0.5) is 0 Å². The first kappa shape index (κ1) is 11.7. The summed E-state index contributed by atoms with van der Waals surface area (Å²) in [4.78, 5) is 0. The summed E-state index contributed by atoms with van der Waals surface area (Å²) in [7, 11) is 1.70. The number of benzene rings is 2. The lowest BCUT2D eigenvalue weighted by molar-refractivity contribution is 0.414. The van der Waals surface area contributed by atoms with E-state index in [9.17, 15) is 0 Å². The average Bonchev–Trinajstić information content (AvgIpc) is 2.40. The highest BCUT2D eigenvalue weighted by atomic mass is 16.5. The minimum atomic E-state index is 0.531. The molecule has 0 aromatic heterocycles. The predicted molar refractivity (Wildman–Crippen MR) is 71.6 cm³/mol. The van der Waals surface area contributed by atoms with Crippen LogP contribution in [0.1, 0.15) is 24.0 Å². The average molecular weight is 226 g/mol. The minimum absolute atomic E-state index is 0.531. The molecule has 2 aromatic rings. The van der Waals surface area contributed by atoms with E-state index in [-0.39, 0.29) is 0 Å². The van der Waals surface area contributed by atoms with Gasteiger partial charge in [0.1, 0.15) is 5.75 Å². The van der Waals surface area contributed by atoms with Gasteiger partial charge in [0.05, 0.1) is 7.11 Å². The van der Waals surface area contributed by atoms with Gasteiger partial charge >= 0.3 is 0 Å². The molecule has 0 N–H and O–H groups in total. The van der Waals surface area contributed by atoms with E-state index in [1.54, 1.807) is 7.11 Å². The van der Waals surface area contributed by atoms with Crippen molar-refractivity contribution < 1.29 is 4.74 Å². The van der Waals surface area contributed by atoms with E-state index >= 15 is 0 Å². The van der Waals surface area contributed by atoms with Gasteiger partial charge in [-0.2, -0.15) is 0 Å². The van der Waals surface area contributed by atoms with Crippen LogP contribution in [0.25, 0.3) is 0 Å². The third kappa shape index (κ3) is 3.10. The van der Waals surface area contributed by atoms with Gasteiger partial charge in [0, 0.05) is 0 Å². The van der Waals surface area contributed by atoms with E-state index in [1.165, 1.54) is 11.1 Å². The minimum Gasteiger partial charge on any atom is -0.497 e. The molecule has 0 fully saturated rings. The molecule has 88 valence electrons. The lowest BCUT2D eigenvalue weighted by Gasteiger charge is -2.12. The smallest absolute Gasteiger partial charge is 0.118 e. The summed E-state index contributed by atoms with van der Waals surface area (Å²) in [5, 5.41) is 0. The van der Waals surface area contributed by atoms with E-state index in [4.69, 9.17) is 4.74 Å². The van der Waals surface area contributed by atoms with Gasteiger partial charge in [0.2, 0.25) is 0 Å². The summed E-state index contributed by atoms with van der Waals surface area (Å²) in [6.45, 7) is 2.26. The van der Waals surface area contributed by atoms with E-state index in [0.717, 1.165) is 12.2 Å². The Balaban J connectivity index is 2.06. The van der Waals surface area contributed by atoms with Crippen molar-refractivity contribution in [3.8, 4) is 5.75 Å². The van der Waals surface area contributed by atoms with Gasteiger partial charge in [-0.3, -0.25) is 0 Å². The summed E-state index contributed by atoms with van der Waals surface area (Å²) in [6.07, 6.45) is 1.08. The summed E-state index contributed by atoms with van der Waals surface area (Å²) in [6, 6.07) is 18.9. The molecular weight excluding hydrogens is 208 g/mol. The molecule has 1 heteroatoms. The van der Waals surface area contributed by atoms with Crippen molar-refractivity contribution in [2.24, 2.45) is 0 Å². The van der Waals surface area contributed by atoms with Gasteiger partial charge in [-0.15, -0.1) is 0 Å². The highest BCUT2D eigenvalue weighted by Gasteiger charge is 2.06. The zero-order valence-electron chi connectivity index (χ0n) is 10.4. The van der Waals surface area contributed by atoms with E-state index in [2.05, 4.69) is 49.4 Å². The van der Waals surface area contributed by atoms with Crippen molar-refractivity contribution in [2.45, 2.75) is 19.3 Å². The lowest BCUT2D eigenvalue weighted by atomic mass is 9.94. The van der Waals surface area contributed by atoms with Crippen molar-refractivity contribution in [2.75, 3.05) is 7.11 Å². The van der Waals surface area contributed by atoms with Gasteiger partial charge in [-0.05, 0) is 35.6 Å². The Morgan fingerprint density at radius 1 is 0.941 bits per heavy atom. The highest BCUT2D eigenvalue weighted by molar-refractivity contribution is 5.30. The molecule has 17 heavy (non-hydrogen) atoms. The van der Waals surface area contributed by atoms with Crippen LogP contribution in [0, 0.1) is 0 Å². The third-order valence-electron chi connectivity index (χ3n) is 3.07. The maximum Gasteiger partial charge on any atom is 0.118 e. The Labute approximate surface area is 103 Å². The molecule has 0 radical (unpaired) electrons. The van der Waals surface area contributed by atoms with Crippen LogP contribution < -0.4 is 4.74 Å². The van der Waals surface area contributed by atoms with Crippen molar-refractivity contribution >= 4 is 0 Å². The molecular formula is C16H18O. The lowest BCUT2D eigenvalue weighted by Crippen LogP contribution is -1.98. The fraction of sp³-hybridized carbons (Fsp3) is 0.250. The molecule has 0 aliphatic heterocycles. The Hall–Kier alpha value is -1.76. The molecule has 0 amide bonds. The zero-order valence-corrected chi connectivity index (χ0v) is 10.4. The van der Waals surface area contributed by atoms with Crippen LogP contribution in [0.2, 0.25) is 0 Å². The highest BCUT2D eigenvalue weighted by Crippen LogP contribution is 2.22. The summed E-state index contributed by atoms with van der Waals surface area (Å²) in [5.41, 5.74) is 2.74. The molecule has 1 nitrogen and oxygen atoms in total. The van der Waals surface area contributed by atoms with Gasteiger partial charge in [-0.1, -0.05) is 49.4 Å². The first-order chi connectivity index (χ1) is 8.29. The Morgan fingerprint density at radius 2 is 1.59 bits per heavy atom. The second-order valence-corrected chi connectivity index (χ2v) is 4.36. The Bertz CT molecular complexity index is 445. The number of methoxy groups -OCH3 is 1. The molecule has 1 atom stereocenters. The van der Waals surface area contributed by atoms with Crippen LogP contribution >= 0.6 is 0 Å². The molecule has 2 rings (SSSR count). The summed E-state index contributed by atoms with van der Waals surface area (Å²) >= 11 is 0. The topological polar surface area (TPSA) is 9.23 Å². The largest absolute Gasteiger partial charge is 0.497 e. The molecule has 1 unspecified atom stereocenters. The second kappa shape index (κ2) is 5.53. The molecule has 0 saturated carbocycles. The number of hydrogen-bond acceptors (Lipinski definition) is 1. The van der Waals surface area contributed by atoms with Crippen molar-refractivity contribution in [3.05, 3.63) is 65.7 Å². The van der Waals surface area contributed by atoms with Crippen molar-refractivity contribution in [1.29, 1.82) is 0 Å². The zero-order chi connectivity index (χ0) is 12.1. The predicted octanol–water partition coefficient (Wildman–Crippen LogP) is 4.04. The van der Waals surface area contributed by atoms with E-state index in [0.29, 0.717) is 5.92 Å². The van der Waals surface area contributed by atoms with Crippen LogP contribution in [-0.2, 0) is 6.42 Å².